The molecule has 0 saturated heterocycles. The van der Waals surface area contributed by atoms with Crippen LogP contribution in [0, 0.1) is 0 Å². The van der Waals surface area contributed by atoms with Crippen LogP contribution in [0.3, 0.4) is 0 Å². The van der Waals surface area contributed by atoms with Gasteiger partial charge in [0.1, 0.15) is 0 Å². The van der Waals surface area contributed by atoms with Crippen LogP contribution in [0.25, 0.3) is 0 Å². The van der Waals surface area contributed by atoms with Crippen molar-refractivity contribution in [1.82, 2.24) is 4.90 Å². The third-order valence-corrected chi connectivity index (χ3v) is 4.07. The lowest BCUT2D eigenvalue weighted by molar-refractivity contribution is 0.0396. The minimum atomic E-state index is -0.399. The number of hydrogen-bond acceptors (Lipinski definition) is 3. The Labute approximate surface area is 137 Å². The molecule has 1 aliphatic rings. The van der Waals surface area contributed by atoms with E-state index in [2.05, 4.69) is 35.2 Å². The molecule has 3 rings (SSSR count). The van der Waals surface area contributed by atoms with Crippen LogP contribution in [-0.4, -0.2) is 35.3 Å². The zero-order chi connectivity index (χ0) is 15.9. The predicted octanol–water partition coefficient (Wildman–Crippen LogP) is 3.00. The third-order valence-electron chi connectivity index (χ3n) is 4.07. The second-order valence-electron chi connectivity index (χ2n) is 5.94. The van der Waals surface area contributed by atoms with Crippen LogP contribution < -0.4 is 0 Å². The number of β-amino-alcohol motifs (C(OH)–C–C–N with tert-alkyl or cyclic N) is 1. The summed E-state index contributed by atoms with van der Waals surface area (Å²) in [6, 6.07) is 20.8. The molecule has 2 aromatic carbocycles. The molecule has 1 aliphatic heterocycles. The SMILES string of the molecule is O[C@H]1C=C[C@H](COCc2ccccc2)N(Cc2ccccc2)C1. The first kappa shape index (κ1) is 15.9. The topological polar surface area (TPSA) is 32.7 Å². The highest BCUT2D eigenvalue weighted by Gasteiger charge is 2.23. The number of benzene rings is 2. The molecule has 2 aromatic rings. The monoisotopic (exact) mass is 309 g/mol. The van der Waals surface area contributed by atoms with Gasteiger partial charge in [-0.15, -0.1) is 0 Å². The lowest BCUT2D eigenvalue weighted by Gasteiger charge is -2.34. The molecule has 2 atom stereocenters. The minimum absolute atomic E-state index is 0.197. The van der Waals surface area contributed by atoms with Crippen molar-refractivity contribution in [3.63, 3.8) is 0 Å². The van der Waals surface area contributed by atoms with Crippen LogP contribution in [0.4, 0.5) is 0 Å². The van der Waals surface area contributed by atoms with Gasteiger partial charge in [-0.3, -0.25) is 4.90 Å². The normalized spacial score (nSPS) is 21.4. The Morgan fingerprint density at radius 2 is 1.57 bits per heavy atom. The maximum absolute atomic E-state index is 9.91. The third kappa shape index (κ3) is 4.76. The van der Waals surface area contributed by atoms with Gasteiger partial charge in [-0.2, -0.15) is 0 Å². The molecule has 0 fully saturated rings. The van der Waals surface area contributed by atoms with Crippen LogP contribution in [0.1, 0.15) is 11.1 Å². The van der Waals surface area contributed by atoms with Crippen molar-refractivity contribution in [1.29, 1.82) is 0 Å². The number of rotatable bonds is 6. The molecular formula is C20H23NO2. The average molecular weight is 309 g/mol. The molecule has 0 saturated carbocycles. The first-order valence-corrected chi connectivity index (χ1v) is 8.07. The van der Waals surface area contributed by atoms with Crippen LogP contribution >= 0.6 is 0 Å². The molecule has 3 heteroatoms. The van der Waals surface area contributed by atoms with E-state index in [0.29, 0.717) is 19.8 Å². The van der Waals surface area contributed by atoms with E-state index < -0.39 is 6.10 Å². The van der Waals surface area contributed by atoms with Crippen LogP contribution in [0.15, 0.2) is 72.8 Å². The first-order valence-electron chi connectivity index (χ1n) is 8.07. The van der Waals surface area contributed by atoms with E-state index in [-0.39, 0.29) is 6.04 Å². The Bertz CT molecular complexity index is 612. The predicted molar refractivity (Wildman–Crippen MR) is 91.9 cm³/mol. The van der Waals surface area contributed by atoms with Crippen LogP contribution in [0.5, 0.6) is 0 Å². The summed E-state index contributed by atoms with van der Waals surface area (Å²) in [4.78, 5) is 2.27. The van der Waals surface area contributed by atoms with Crippen molar-refractivity contribution in [3.05, 3.63) is 83.9 Å². The molecule has 1 N–H and O–H groups in total. The average Bonchev–Trinajstić information content (AvgIpc) is 2.59. The fourth-order valence-electron chi connectivity index (χ4n) is 2.85. The van der Waals surface area contributed by atoms with Crippen molar-refractivity contribution >= 4 is 0 Å². The standard InChI is InChI=1S/C20H23NO2/c22-20-12-11-19(16-23-15-18-9-5-2-6-10-18)21(14-20)13-17-7-3-1-4-8-17/h1-12,19-20,22H,13-16H2/t19-,20+/m1/s1. The number of aliphatic hydroxyl groups excluding tert-OH is 1. The van der Waals surface area contributed by atoms with Gasteiger partial charge in [-0.1, -0.05) is 72.8 Å². The van der Waals surface area contributed by atoms with Gasteiger partial charge in [0.2, 0.25) is 0 Å². The lowest BCUT2D eigenvalue weighted by Crippen LogP contribution is -2.44. The highest BCUT2D eigenvalue weighted by molar-refractivity contribution is 5.16. The van der Waals surface area contributed by atoms with Crippen molar-refractivity contribution in [2.75, 3.05) is 13.2 Å². The van der Waals surface area contributed by atoms with Crippen LogP contribution in [-0.2, 0) is 17.9 Å². The molecule has 0 spiro atoms. The summed E-state index contributed by atoms with van der Waals surface area (Å²) < 4.78 is 5.89. The molecule has 23 heavy (non-hydrogen) atoms. The summed E-state index contributed by atoms with van der Waals surface area (Å²) in [5.41, 5.74) is 2.44. The second kappa shape index (κ2) is 8.06. The minimum Gasteiger partial charge on any atom is -0.388 e. The van der Waals surface area contributed by atoms with Gasteiger partial charge in [-0.05, 0) is 11.1 Å². The number of aliphatic hydroxyl groups is 1. The fraction of sp³-hybridized carbons (Fsp3) is 0.300. The van der Waals surface area contributed by atoms with Crippen LogP contribution in [0.2, 0.25) is 0 Å². The Hall–Kier alpha value is -1.94. The van der Waals surface area contributed by atoms with E-state index in [1.165, 1.54) is 11.1 Å². The quantitative estimate of drug-likeness (QED) is 0.833. The van der Waals surface area contributed by atoms with Gasteiger partial charge in [-0.25, -0.2) is 0 Å². The number of nitrogens with zero attached hydrogens (tertiary/aromatic N) is 1. The maximum atomic E-state index is 9.91. The van der Waals surface area contributed by atoms with E-state index in [9.17, 15) is 5.11 Å². The smallest absolute Gasteiger partial charge is 0.0848 e. The summed E-state index contributed by atoms with van der Waals surface area (Å²) in [6.45, 7) is 2.71. The molecule has 0 bridgehead atoms. The zero-order valence-corrected chi connectivity index (χ0v) is 13.2. The summed E-state index contributed by atoms with van der Waals surface area (Å²) in [5, 5.41) is 9.91. The van der Waals surface area contributed by atoms with E-state index in [0.717, 1.165) is 6.54 Å². The van der Waals surface area contributed by atoms with Crippen molar-refractivity contribution in [2.45, 2.75) is 25.3 Å². The first-order chi connectivity index (χ1) is 11.3. The van der Waals surface area contributed by atoms with Gasteiger partial charge >= 0.3 is 0 Å². The molecule has 0 unspecified atom stereocenters. The number of hydrogen-bond donors (Lipinski definition) is 1. The van der Waals surface area contributed by atoms with Gasteiger partial charge in [0.05, 0.1) is 25.4 Å². The highest BCUT2D eigenvalue weighted by Crippen LogP contribution is 2.16. The Morgan fingerprint density at radius 1 is 0.913 bits per heavy atom. The highest BCUT2D eigenvalue weighted by atomic mass is 16.5. The molecular weight excluding hydrogens is 286 g/mol. The number of ether oxygens (including phenoxy) is 1. The lowest BCUT2D eigenvalue weighted by atomic mass is 10.1. The van der Waals surface area contributed by atoms with Gasteiger partial charge in [0, 0.05) is 13.1 Å². The molecule has 0 aromatic heterocycles. The molecule has 3 nitrogen and oxygen atoms in total. The largest absolute Gasteiger partial charge is 0.388 e. The van der Waals surface area contributed by atoms with Gasteiger partial charge < -0.3 is 9.84 Å². The molecule has 0 amide bonds. The van der Waals surface area contributed by atoms with Gasteiger partial charge in [0.25, 0.3) is 0 Å². The zero-order valence-electron chi connectivity index (χ0n) is 13.2. The summed E-state index contributed by atoms with van der Waals surface area (Å²) in [5.74, 6) is 0. The maximum Gasteiger partial charge on any atom is 0.0848 e. The summed E-state index contributed by atoms with van der Waals surface area (Å²) in [6.07, 6.45) is 3.53. The van der Waals surface area contributed by atoms with Crippen molar-refractivity contribution < 1.29 is 9.84 Å². The van der Waals surface area contributed by atoms with E-state index in [4.69, 9.17) is 4.74 Å². The Balaban J connectivity index is 1.57. The molecule has 0 radical (unpaired) electrons. The molecule has 120 valence electrons. The Kier molecular flexibility index (Phi) is 5.59. The Morgan fingerprint density at radius 3 is 2.26 bits per heavy atom. The summed E-state index contributed by atoms with van der Waals surface area (Å²) in [7, 11) is 0. The van der Waals surface area contributed by atoms with Gasteiger partial charge in [0.15, 0.2) is 0 Å². The van der Waals surface area contributed by atoms with E-state index in [1.807, 2.05) is 42.5 Å². The van der Waals surface area contributed by atoms with E-state index >= 15 is 0 Å². The summed E-state index contributed by atoms with van der Waals surface area (Å²) >= 11 is 0. The second-order valence-corrected chi connectivity index (χ2v) is 5.94. The fourth-order valence-corrected chi connectivity index (χ4v) is 2.85. The molecule has 0 aliphatic carbocycles. The van der Waals surface area contributed by atoms with Crippen molar-refractivity contribution in [2.24, 2.45) is 0 Å². The van der Waals surface area contributed by atoms with Crippen molar-refractivity contribution in [3.8, 4) is 0 Å². The van der Waals surface area contributed by atoms with E-state index in [1.54, 1.807) is 0 Å². The molecule has 1 heterocycles.